The fraction of sp³-hybridized carbons (Fsp3) is 0.895. The third kappa shape index (κ3) is 8.30. The molecule has 0 aromatic carbocycles. The van der Waals surface area contributed by atoms with E-state index >= 15 is 0 Å². The number of aliphatic hydroxyl groups excluding tert-OH is 2. The van der Waals surface area contributed by atoms with E-state index in [-0.39, 0.29) is 6.61 Å². The largest absolute Gasteiger partial charge is 0.395 e. The summed E-state index contributed by atoms with van der Waals surface area (Å²) in [6.07, 6.45) is 16.5. The fourth-order valence-electron chi connectivity index (χ4n) is 3.11. The second kappa shape index (κ2) is 12.1. The second-order valence-electron chi connectivity index (χ2n) is 6.88. The van der Waals surface area contributed by atoms with E-state index < -0.39 is 12.1 Å². The summed E-state index contributed by atoms with van der Waals surface area (Å²) >= 11 is 0. The molecular formula is C19H37NO2. The van der Waals surface area contributed by atoms with Gasteiger partial charge < -0.3 is 15.9 Å². The molecular weight excluding hydrogens is 274 g/mol. The Hall–Kier alpha value is -0.380. The van der Waals surface area contributed by atoms with Crippen molar-refractivity contribution in [3.05, 3.63) is 11.1 Å². The van der Waals surface area contributed by atoms with Gasteiger partial charge in [0.05, 0.1) is 18.8 Å². The molecule has 3 nitrogen and oxygen atoms in total. The summed E-state index contributed by atoms with van der Waals surface area (Å²) in [7, 11) is 0. The Kier molecular flexibility index (Phi) is 10.8. The van der Waals surface area contributed by atoms with Gasteiger partial charge in [0.15, 0.2) is 0 Å². The highest BCUT2D eigenvalue weighted by Crippen LogP contribution is 2.38. The molecule has 0 amide bonds. The number of hydrogen-bond acceptors (Lipinski definition) is 3. The van der Waals surface area contributed by atoms with Crippen molar-refractivity contribution in [3.8, 4) is 0 Å². The lowest BCUT2D eigenvalue weighted by Gasteiger charge is -2.12. The Morgan fingerprint density at radius 2 is 1.41 bits per heavy atom. The van der Waals surface area contributed by atoms with E-state index in [1.807, 2.05) is 0 Å². The van der Waals surface area contributed by atoms with E-state index in [1.54, 1.807) is 0 Å². The van der Waals surface area contributed by atoms with Crippen LogP contribution in [0.1, 0.15) is 90.4 Å². The van der Waals surface area contributed by atoms with Crippen LogP contribution in [0, 0.1) is 0 Å². The predicted molar refractivity (Wildman–Crippen MR) is 93.8 cm³/mol. The lowest BCUT2D eigenvalue weighted by Crippen LogP contribution is -2.37. The minimum Gasteiger partial charge on any atom is -0.395 e. The first kappa shape index (κ1) is 19.7. The van der Waals surface area contributed by atoms with Crippen LogP contribution in [0.2, 0.25) is 0 Å². The van der Waals surface area contributed by atoms with Crippen molar-refractivity contribution in [1.29, 1.82) is 0 Å². The minimum atomic E-state index is -0.618. The first-order chi connectivity index (χ1) is 10.7. The summed E-state index contributed by atoms with van der Waals surface area (Å²) in [5, 5.41) is 18.8. The van der Waals surface area contributed by atoms with Crippen molar-refractivity contribution >= 4 is 0 Å². The number of rotatable bonds is 15. The van der Waals surface area contributed by atoms with Crippen LogP contribution < -0.4 is 5.73 Å². The molecule has 0 bridgehead atoms. The quantitative estimate of drug-likeness (QED) is 0.315. The standard InChI is InChI=1S/C19H37NO2/c1-2-3-4-5-6-7-8-9-10-11-12-13-16-14-17(16)19(22)18(20)15-21/h18-19,21-22H,2-15,20H2,1H3/t18-,19+/m0/s1. The molecule has 2 atom stereocenters. The molecule has 1 aliphatic rings. The molecule has 0 saturated heterocycles. The van der Waals surface area contributed by atoms with Gasteiger partial charge in [0.2, 0.25) is 0 Å². The summed E-state index contributed by atoms with van der Waals surface area (Å²) in [5.41, 5.74) is 8.12. The molecule has 3 heteroatoms. The Bertz CT molecular complexity index is 315. The Morgan fingerprint density at radius 3 is 1.91 bits per heavy atom. The molecule has 22 heavy (non-hydrogen) atoms. The van der Waals surface area contributed by atoms with Crippen molar-refractivity contribution in [2.45, 2.75) is 103 Å². The molecule has 0 radical (unpaired) electrons. The van der Waals surface area contributed by atoms with Gasteiger partial charge in [-0.3, -0.25) is 0 Å². The molecule has 130 valence electrons. The van der Waals surface area contributed by atoms with Gasteiger partial charge in [0.1, 0.15) is 0 Å². The topological polar surface area (TPSA) is 66.5 Å². The van der Waals surface area contributed by atoms with E-state index in [1.165, 1.54) is 76.2 Å². The number of unbranched alkanes of at least 4 members (excludes halogenated alkanes) is 10. The van der Waals surface area contributed by atoms with Crippen LogP contribution in [-0.4, -0.2) is 29.0 Å². The Morgan fingerprint density at radius 1 is 0.909 bits per heavy atom. The van der Waals surface area contributed by atoms with Crippen molar-refractivity contribution in [2.75, 3.05) is 6.61 Å². The fourth-order valence-corrected chi connectivity index (χ4v) is 3.11. The Labute approximate surface area is 137 Å². The van der Waals surface area contributed by atoms with Gasteiger partial charge in [-0.2, -0.15) is 0 Å². The summed E-state index contributed by atoms with van der Waals surface area (Å²) in [6, 6.07) is -0.509. The zero-order valence-corrected chi connectivity index (χ0v) is 14.5. The summed E-state index contributed by atoms with van der Waals surface area (Å²) in [4.78, 5) is 0. The van der Waals surface area contributed by atoms with Crippen LogP contribution in [0.3, 0.4) is 0 Å². The van der Waals surface area contributed by atoms with Crippen LogP contribution in [0.4, 0.5) is 0 Å². The maximum Gasteiger partial charge on any atom is 0.0929 e. The van der Waals surface area contributed by atoms with Crippen molar-refractivity contribution in [1.82, 2.24) is 0 Å². The van der Waals surface area contributed by atoms with E-state index in [9.17, 15) is 5.11 Å². The number of hydrogen-bond donors (Lipinski definition) is 3. The van der Waals surface area contributed by atoms with Gasteiger partial charge in [-0.05, 0) is 24.8 Å². The van der Waals surface area contributed by atoms with Gasteiger partial charge in [0, 0.05) is 0 Å². The molecule has 0 aromatic rings. The highest BCUT2D eigenvalue weighted by atomic mass is 16.3. The SMILES string of the molecule is CCCCCCCCCCCCCC1=C([C@@H](O)[C@@H](N)CO)C1. The monoisotopic (exact) mass is 311 g/mol. The van der Waals surface area contributed by atoms with Crippen molar-refractivity contribution in [3.63, 3.8) is 0 Å². The molecule has 0 aliphatic heterocycles. The van der Waals surface area contributed by atoms with Crippen LogP contribution in [0.5, 0.6) is 0 Å². The zero-order valence-electron chi connectivity index (χ0n) is 14.5. The number of allylic oxidation sites excluding steroid dienone is 1. The van der Waals surface area contributed by atoms with Crippen LogP contribution in [0.25, 0.3) is 0 Å². The second-order valence-corrected chi connectivity index (χ2v) is 6.88. The smallest absolute Gasteiger partial charge is 0.0929 e. The van der Waals surface area contributed by atoms with Gasteiger partial charge in [-0.25, -0.2) is 0 Å². The lowest BCUT2D eigenvalue weighted by atomic mass is 10.0. The third-order valence-electron chi connectivity index (χ3n) is 4.79. The van der Waals surface area contributed by atoms with Gasteiger partial charge in [0.25, 0.3) is 0 Å². The third-order valence-corrected chi connectivity index (χ3v) is 4.79. The summed E-state index contributed by atoms with van der Waals surface area (Å²) in [6.45, 7) is 2.12. The molecule has 1 rings (SSSR count). The molecule has 0 fully saturated rings. The zero-order chi connectivity index (χ0) is 16.2. The van der Waals surface area contributed by atoms with Gasteiger partial charge >= 0.3 is 0 Å². The Balaban J connectivity index is 1.88. The maximum absolute atomic E-state index is 9.86. The van der Waals surface area contributed by atoms with Gasteiger partial charge in [-0.1, -0.05) is 76.7 Å². The van der Waals surface area contributed by atoms with E-state index in [0.717, 1.165) is 18.4 Å². The molecule has 0 saturated carbocycles. The summed E-state index contributed by atoms with van der Waals surface area (Å²) < 4.78 is 0. The average molecular weight is 312 g/mol. The van der Waals surface area contributed by atoms with Crippen molar-refractivity contribution in [2.24, 2.45) is 5.73 Å². The minimum absolute atomic E-state index is 0.142. The molecule has 0 spiro atoms. The number of aliphatic hydroxyl groups is 2. The van der Waals surface area contributed by atoms with E-state index in [0.29, 0.717) is 0 Å². The molecule has 0 aromatic heterocycles. The van der Waals surface area contributed by atoms with E-state index in [4.69, 9.17) is 10.8 Å². The maximum atomic E-state index is 9.86. The van der Waals surface area contributed by atoms with Crippen molar-refractivity contribution < 1.29 is 10.2 Å². The van der Waals surface area contributed by atoms with Gasteiger partial charge in [-0.15, -0.1) is 0 Å². The first-order valence-corrected chi connectivity index (χ1v) is 9.46. The van der Waals surface area contributed by atoms with Crippen LogP contribution >= 0.6 is 0 Å². The van der Waals surface area contributed by atoms with Crippen LogP contribution in [0.15, 0.2) is 11.1 Å². The van der Waals surface area contributed by atoms with Crippen LogP contribution in [-0.2, 0) is 0 Å². The predicted octanol–water partition coefficient (Wildman–Crippen LogP) is 4.07. The highest BCUT2D eigenvalue weighted by Gasteiger charge is 2.30. The summed E-state index contributed by atoms with van der Waals surface area (Å²) in [5.74, 6) is 0. The van der Waals surface area contributed by atoms with E-state index in [2.05, 4.69) is 6.92 Å². The number of nitrogens with two attached hydrogens (primary N) is 1. The normalized spacial score (nSPS) is 16.9. The lowest BCUT2D eigenvalue weighted by molar-refractivity contribution is 0.138. The molecule has 1 aliphatic carbocycles. The average Bonchev–Trinajstić information content (AvgIpc) is 3.30. The molecule has 4 N–H and O–H groups in total. The first-order valence-electron chi connectivity index (χ1n) is 9.46. The highest BCUT2D eigenvalue weighted by molar-refractivity contribution is 5.38. The molecule has 0 heterocycles. The molecule has 0 unspecified atom stereocenters.